The molecule has 5 rings (SSSR count). The van der Waals surface area contributed by atoms with E-state index in [0.717, 1.165) is 52.1 Å². The highest BCUT2D eigenvalue weighted by molar-refractivity contribution is 6.09. The first-order chi connectivity index (χ1) is 15.6. The van der Waals surface area contributed by atoms with Gasteiger partial charge in [-0.05, 0) is 29.5 Å². The summed E-state index contributed by atoms with van der Waals surface area (Å²) in [7, 11) is 0. The molecule has 1 heterocycles. The molecule has 3 aromatic carbocycles. The van der Waals surface area contributed by atoms with Gasteiger partial charge >= 0.3 is 0 Å². The van der Waals surface area contributed by atoms with E-state index in [9.17, 15) is 0 Å². The lowest BCUT2D eigenvalue weighted by atomic mass is 10.0. The second-order valence-corrected chi connectivity index (χ2v) is 7.64. The fourth-order valence-corrected chi connectivity index (χ4v) is 4.10. The number of oxime groups is 1. The molecule has 0 unspecified atom stereocenters. The third-order valence-corrected chi connectivity index (χ3v) is 5.71. The van der Waals surface area contributed by atoms with Crippen LogP contribution in [0.15, 0.2) is 89.3 Å². The summed E-state index contributed by atoms with van der Waals surface area (Å²) in [4.78, 5) is 4.50. The van der Waals surface area contributed by atoms with E-state index in [1.165, 1.54) is 5.56 Å². The normalized spacial score (nSPS) is 14.6. The SMILES string of the molecule is NC(=NO)c1cccc2c1CC/C2=N\n1cc(-c2ccc(-c3ccccc3)cc2)nc1N. The molecule has 158 valence electrons. The van der Waals surface area contributed by atoms with Gasteiger partial charge in [0.05, 0.1) is 17.6 Å². The monoisotopic (exact) mass is 422 g/mol. The van der Waals surface area contributed by atoms with Crippen molar-refractivity contribution in [2.45, 2.75) is 12.8 Å². The van der Waals surface area contributed by atoms with Crippen LogP contribution in [0.25, 0.3) is 22.4 Å². The molecule has 1 aromatic heterocycles. The van der Waals surface area contributed by atoms with Crippen molar-refractivity contribution < 1.29 is 5.21 Å². The molecule has 7 nitrogen and oxygen atoms in total. The first-order valence-corrected chi connectivity index (χ1v) is 10.3. The van der Waals surface area contributed by atoms with E-state index in [2.05, 4.69) is 34.4 Å². The molecule has 0 atom stereocenters. The van der Waals surface area contributed by atoms with E-state index in [-0.39, 0.29) is 5.84 Å². The number of nitrogens with zero attached hydrogens (tertiary/aromatic N) is 4. The first-order valence-electron chi connectivity index (χ1n) is 10.3. The maximum Gasteiger partial charge on any atom is 0.221 e. The fraction of sp³-hybridized carbons (Fsp3) is 0.0800. The van der Waals surface area contributed by atoms with Gasteiger partial charge in [-0.2, -0.15) is 5.10 Å². The zero-order chi connectivity index (χ0) is 22.1. The Morgan fingerprint density at radius 3 is 2.34 bits per heavy atom. The van der Waals surface area contributed by atoms with Crippen molar-refractivity contribution in [1.82, 2.24) is 9.66 Å². The van der Waals surface area contributed by atoms with E-state index < -0.39 is 0 Å². The Hall–Kier alpha value is -4.39. The van der Waals surface area contributed by atoms with E-state index in [0.29, 0.717) is 5.95 Å². The quantitative estimate of drug-likeness (QED) is 0.199. The molecule has 0 amide bonds. The van der Waals surface area contributed by atoms with E-state index in [1.54, 1.807) is 4.68 Å². The predicted molar refractivity (Wildman–Crippen MR) is 127 cm³/mol. The van der Waals surface area contributed by atoms with Gasteiger partial charge in [0.1, 0.15) is 0 Å². The summed E-state index contributed by atoms with van der Waals surface area (Å²) in [5, 5.41) is 16.9. The smallest absolute Gasteiger partial charge is 0.221 e. The number of anilines is 1. The summed E-state index contributed by atoms with van der Waals surface area (Å²) in [5.41, 5.74) is 19.7. The van der Waals surface area contributed by atoms with Gasteiger partial charge in [-0.15, -0.1) is 0 Å². The van der Waals surface area contributed by atoms with Crippen molar-refractivity contribution in [1.29, 1.82) is 0 Å². The van der Waals surface area contributed by atoms with Crippen LogP contribution in [0.1, 0.15) is 23.1 Å². The van der Waals surface area contributed by atoms with Crippen molar-refractivity contribution in [3.05, 3.63) is 95.7 Å². The van der Waals surface area contributed by atoms with Crippen molar-refractivity contribution in [2.75, 3.05) is 5.73 Å². The standard InChI is InChI=1S/C25H22N6O/c26-24(30-32)21-8-4-7-20-19(21)13-14-22(20)29-31-15-23(28-25(31)27)18-11-9-17(10-12-18)16-5-2-1-3-6-16/h1-12,15,32H,13-14H2,(H2,26,30)(H2,27,28)/b29-22+. The summed E-state index contributed by atoms with van der Waals surface area (Å²) in [6, 6.07) is 24.2. The maximum atomic E-state index is 9.05. The molecule has 5 N–H and O–H groups in total. The van der Waals surface area contributed by atoms with Crippen LogP contribution in [0.2, 0.25) is 0 Å². The van der Waals surface area contributed by atoms with E-state index in [1.807, 2.05) is 54.7 Å². The van der Waals surface area contributed by atoms with E-state index in [4.69, 9.17) is 21.8 Å². The van der Waals surface area contributed by atoms with Gasteiger partial charge in [-0.25, -0.2) is 9.66 Å². The van der Waals surface area contributed by atoms with Crippen LogP contribution < -0.4 is 11.5 Å². The van der Waals surface area contributed by atoms with E-state index >= 15 is 0 Å². The Balaban J connectivity index is 1.45. The largest absolute Gasteiger partial charge is 0.409 e. The number of hydrogen-bond donors (Lipinski definition) is 3. The number of fused-ring (bicyclic) bond motifs is 1. The minimum atomic E-state index is 0.103. The Morgan fingerprint density at radius 1 is 0.875 bits per heavy atom. The van der Waals surface area contributed by atoms with Crippen LogP contribution in [-0.4, -0.2) is 26.4 Å². The number of imidazole rings is 1. The van der Waals surface area contributed by atoms with Gasteiger partial charge in [0.15, 0.2) is 5.84 Å². The second kappa shape index (κ2) is 8.03. The van der Waals surface area contributed by atoms with Gasteiger partial charge < -0.3 is 16.7 Å². The number of amidine groups is 1. The van der Waals surface area contributed by atoms with Crippen LogP contribution in [-0.2, 0) is 6.42 Å². The zero-order valence-corrected chi connectivity index (χ0v) is 17.3. The van der Waals surface area contributed by atoms with Gasteiger partial charge in [0, 0.05) is 16.7 Å². The minimum Gasteiger partial charge on any atom is -0.409 e. The summed E-state index contributed by atoms with van der Waals surface area (Å²) in [6.45, 7) is 0. The average Bonchev–Trinajstić information content (AvgIpc) is 3.43. The van der Waals surface area contributed by atoms with Crippen molar-refractivity contribution in [3.8, 4) is 22.4 Å². The Kier molecular flexibility index (Phi) is 4.91. The number of nitrogens with two attached hydrogens (primary N) is 2. The van der Waals surface area contributed by atoms with Crippen LogP contribution in [0.3, 0.4) is 0 Å². The van der Waals surface area contributed by atoms with Gasteiger partial charge in [0.2, 0.25) is 5.95 Å². The van der Waals surface area contributed by atoms with Crippen molar-refractivity contribution >= 4 is 17.5 Å². The number of nitrogen functional groups attached to an aromatic ring is 1. The first kappa shape index (κ1) is 19.6. The molecule has 4 aromatic rings. The molecule has 0 saturated carbocycles. The Labute approximate surface area is 185 Å². The van der Waals surface area contributed by atoms with Crippen LogP contribution in [0.4, 0.5) is 5.95 Å². The lowest BCUT2D eigenvalue weighted by Gasteiger charge is -2.06. The predicted octanol–water partition coefficient (Wildman–Crippen LogP) is 4.09. The van der Waals surface area contributed by atoms with Gasteiger partial charge in [-0.1, -0.05) is 78.0 Å². The minimum absolute atomic E-state index is 0.103. The molecule has 7 heteroatoms. The highest BCUT2D eigenvalue weighted by Crippen LogP contribution is 2.28. The second-order valence-electron chi connectivity index (χ2n) is 7.64. The molecule has 1 aliphatic carbocycles. The van der Waals surface area contributed by atoms with Crippen LogP contribution >= 0.6 is 0 Å². The molecule has 0 fully saturated rings. The number of rotatable bonds is 4. The molecule has 0 radical (unpaired) electrons. The van der Waals surface area contributed by atoms with Crippen LogP contribution in [0.5, 0.6) is 0 Å². The van der Waals surface area contributed by atoms with Gasteiger partial charge in [0.25, 0.3) is 0 Å². The lowest BCUT2D eigenvalue weighted by Crippen LogP contribution is -2.15. The summed E-state index contributed by atoms with van der Waals surface area (Å²) < 4.78 is 1.61. The molecule has 32 heavy (non-hydrogen) atoms. The number of benzene rings is 3. The highest BCUT2D eigenvalue weighted by atomic mass is 16.4. The van der Waals surface area contributed by atoms with Crippen LogP contribution in [0, 0.1) is 0 Å². The Bertz CT molecular complexity index is 1340. The highest BCUT2D eigenvalue weighted by Gasteiger charge is 2.22. The Morgan fingerprint density at radius 2 is 1.59 bits per heavy atom. The average molecular weight is 422 g/mol. The fourth-order valence-electron chi connectivity index (χ4n) is 4.10. The zero-order valence-electron chi connectivity index (χ0n) is 17.3. The number of aromatic nitrogens is 2. The molecule has 1 aliphatic rings. The third kappa shape index (κ3) is 3.50. The molecule has 0 saturated heterocycles. The summed E-state index contributed by atoms with van der Waals surface area (Å²) in [5.74, 6) is 0.423. The summed E-state index contributed by atoms with van der Waals surface area (Å²) >= 11 is 0. The molecular weight excluding hydrogens is 400 g/mol. The number of hydrogen-bond acceptors (Lipinski definition) is 5. The summed E-state index contributed by atoms with van der Waals surface area (Å²) in [6.07, 6.45) is 3.35. The molecule has 0 spiro atoms. The van der Waals surface area contributed by atoms with Crippen molar-refractivity contribution in [2.24, 2.45) is 16.0 Å². The third-order valence-electron chi connectivity index (χ3n) is 5.71. The van der Waals surface area contributed by atoms with Gasteiger partial charge in [-0.3, -0.25) is 0 Å². The van der Waals surface area contributed by atoms with Crippen molar-refractivity contribution in [3.63, 3.8) is 0 Å². The molecule has 0 aliphatic heterocycles. The molecular formula is C25H22N6O. The lowest BCUT2D eigenvalue weighted by molar-refractivity contribution is 0.318. The molecule has 0 bridgehead atoms. The maximum absolute atomic E-state index is 9.05. The topological polar surface area (TPSA) is 115 Å².